The van der Waals surface area contributed by atoms with E-state index in [1.54, 1.807) is 10.6 Å². The monoisotopic (exact) mass is 445 g/mol. The molecule has 0 saturated carbocycles. The summed E-state index contributed by atoms with van der Waals surface area (Å²) in [5, 5.41) is 11.0. The van der Waals surface area contributed by atoms with Crippen LogP contribution in [0.1, 0.15) is 6.42 Å². The number of thiazole rings is 1. The molecule has 0 atom stereocenters. The number of nitro groups is 1. The van der Waals surface area contributed by atoms with Gasteiger partial charge in [-0.3, -0.25) is 24.0 Å². The van der Waals surface area contributed by atoms with E-state index in [4.69, 9.17) is 16.6 Å². The average Bonchev–Trinajstić information content (AvgIpc) is 3.20. The lowest BCUT2D eigenvalue weighted by atomic mass is 10.3. The zero-order chi connectivity index (χ0) is 21.4. The third-order valence-electron chi connectivity index (χ3n) is 4.60. The van der Waals surface area contributed by atoms with Gasteiger partial charge in [0.2, 0.25) is 0 Å². The van der Waals surface area contributed by atoms with E-state index in [2.05, 4.69) is 11.6 Å². The molecular weight excluding hydrogens is 430 g/mol. The average molecular weight is 445 g/mol. The molecule has 4 rings (SSSR count). The summed E-state index contributed by atoms with van der Waals surface area (Å²) < 4.78 is 10.7. The molecule has 0 unspecified atom stereocenters. The summed E-state index contributed by atoms with van der Waals surface area (Å²) in [7, 11) is 0. The Kier molecular flexibility index (Phi) is 5.18. The summed E-state index contributed by atoms with van der Waals surface area (Å²) in [6, 6.07) is 3.98. The highest BCUT2D eigenvalue weighted by molar-refractivity contribution is 7.73. The summed E-state index contributed by atoms with van der Waals surface area (Å²) >= 11 is 6.50. The number of hydrogen-bond donors (Lipinski definition) is 0. The molecule has 0 radical (unpaired) electrons. The number of nitrogens with zero attached hydrogens (tertiary/aromatic N) is 5. The van der Waals surface area contributed by atoms with Gasteiger partial charge in [-0.25, -0.2) is 9.78 Å². The van der Waals surface area contributed by atoms with Gasteiger partial charge in [0.1, 0.15) is 4.70 Å². The van der Waals surface area contributed by atoms with Gasteiger partial charge in [-0.1, -0.05) is 17.4 Å². The molecule has 30 heavy (non-hydrogen) atoms. The molecule has 0 amide bonds. The Labute approximate surface area is 177 Å². The maximum atomic E-state index is 12.8. The first-order valence-corrected chi connectivity index (χ1v) is 10.1. The van der Waals surface area contributed by atoms with Gasteiger partial charge in [0, 0.05) is 31.8 Å². The van der Waals surface area contributed by atoms with Crippen molar-refractivity contribution in [2.75, 3.05) is 0 Å². The van der Waals surface area contributed by atoms with Gasteiger partial charge < -0.3 is 8.98 Å². The smallest absolute Gasteiger partial charge is 0.408 e. The Balaban J connectivity index is 1.60. The molecule has 0 aliphatic carbocycles. The van der Waals surface area contributed by atoms with E-state index in [-0.39, 0.29) is 23.4 Å². The second-order valence-electron chi connectivity index (χ2n) is 6.45. The largest absolute Gasteiger partial charge is 0.419 e. The summed E-state index contributed by atoms with van der Waals surface area (Å²) in [6.07, 6.45) is 3.56. The number of nitro benzene ring substituents is 1. The first-order chi connectivity index (χ1) is 14.4. The molecule has 4 aromatic rings. The first-order valence-electron chi connectivity index (χ1n) is 8.88. The molecule has 0 N–H and O–H groups in total. The number of allylic oxidation sites excluding steroid dienone is 1. The van der Waals surface area contributed by atoms with Crippen molar-refractivity contribution in [3.63, 3.8) is 0 Å². The number of fused-ring (bicyclic) bond motifs is 2. The van der Waals surface area contributed by atoms with E-state index >= 15 is 0 Å². The molecular formula is C18H15N5O5S2. The van der Waals surface area contributed by atoms with Gasteiger partial charge in [-0.05, 0) is 24.7 Å². The van der Waals surface area contributed by atoms with Crippen molar-refractivity contribution in [2.45, 2.75) is 26.1 Å². The Bertz CT molecular complexity index is 1470. The van der Waals surface area contributed by atoms with Crippen molar-refractivity contribution in [1.82, 2.24) is 18.7 Å². The van der Waals surface area contributed by atoms with E-state index in [1.807, 2.05) is 0 Å². The number of rotatable bonds is 7. The lowest BCUT2D eigenvalue weighted by molar-refractivity contribution is -0.384. The van der Waals surface area contributed by atoms with Crippen molar-refractivity contribution in [3.8, 4) is 0 Å². The second kappa shape index (κ2) is 7.80. The molecule has 12 heteroatoms. The lowest BCUT2D eigenvalue weighted by Gasteiger charge is -2.06. The fraction of sp³-hybridized carbons (Fsp3) is 0.222. The molecule has 0 spiro atoms. The molecule has 0 aliphatic rings. The van der Waals surface area contributed by atoms with Crippen molar-refractivity contribution in [2.24, 2.45) is 0 Å². The minimum absolute atomic E-state index is 0.131. The fourth-order valence-corrected chi connectivity index (χ4v) is 4.51. The Morgan fingerprint density at radius 2 is 2.10 bits per heavy atom. The highest BCUT2D eigenvalue weighted by atomic mass is 32.1. The summed E-state index contributed by atoms with van der Waals surface area (Å²) in [6.45, 7) is 4.69. The van der Waals surface area contributed by atoms with Gasteiger partial charge >= 0.3 is 5.76 Å². The van der Waals surface area contributed by atoms with Gasteiger partial charge in [-0.2, -0.15) is 0 Å². The lowest BCUT2D eigenvalue weighted by Crippen LogP contribution is -2.22. The predicted octanol–water partition coefficient (Wildman–Crippen LogP) is 3.08. The molecule has 1 aromatic carbocycles. The third kappa shape index (κ3) is 3.39. The standard InChI is InChI=1S/C18H15N5O5S2/c1-2-6-22-15-14(30-18(22)29)16(24)20(10-19-15)7-3-8-21-12-9-11(23(26)27)4-5-13(12)28-17(21)25/h2,4-5,9-10H,1,3,6-8H2. The van der Waals surface area contributed by atoms with Crippen LogP contribution in [0.3, 0.4) is 0 Å². The van der Waals surface area contributed by atoms with E-state index in [0.717, 1.165) is 0 Å². The number of oxazole rings is 1. The van der Waals surface area contributed by atoms with Crippen LogP contribution in [0.25, 0.3) is 21.4 Å². The van der Waals surface area contributed by atoms with E-state index < -0.39 is 10.7 Å². The Morgan fingerprint density at radius 1 is 1.30 bits per heavy atom. The normalized spacial score (nSPS) is 11.3. The quantitative estimate of drug-likeness (QED) is 0.186. The zero-order valence-electron chi connectivity index (χ0n) is 15.5. The van der Waals surface area contributed by atoms with Crippen LogP contribution in [-0.4, -0.2) is 23.6 Å². The van der Waals surface area contributed by atoms with Gasteiger partial charge in [-0.15, -0.1) is 6.58 Å². The maximum Gasteiger partial charge on any atom is 0.419 e. The van der Waals surface area contributed by atoms with Crippen molar-refractivity contribution >= 4 is 50.7 Å². The first kappa shape index (κ1) is 19.9. The molecule has 154 valence electrons. The van der Waals surface area contributed by atoms with Gasteiger partial charge in [0.05, 0.1) is 16.8 Å². The molecule has 0 fully saturated rings. The molecule has 0 aliphatic heterocycles. The zero-order valence-corrected chi connectivity index (χ0v) is 17.1. The molecule has 3 heterocycles. The highest BCUT2D eigenvalue weighted by Gasteiger charge is 2.15. The topological polar surface area (TPSA) is 118 Å². The van der Waals surface area contributed by atoms with Crippen LogP contribution in [0.2, 0.25) is 0 Å². The van der Waals surface area contributed by atoms with Crippen molar-refractivity contribution < 1.29 is 9.34 Å². The Morgan fingerprint density at radius 3 is 2.83 bits per heavy atom. The minimum Gasteiger partial charge on any atom is -0.408 e. The van der Waals surface area contributed by atoms with Crippen LogP contribution in [-0.2, 0) is 19.6 Å². The maximum absolute atomic E-state index is 12.8. The third-order valence-corrected chi connectivity index (χ3v) is 6.02. The van der Waals surface area contributed by atoms with Crippen molar-refractivity contribution in [3.05, 3.63) is 72.2 Å². The molecule has 10 nitrogen and oxygen atoms in total. The summed E-state index contributed by atoms with van der Waals surface area (Å²) in [4.78, 5) is 39.7. The van der Waals surface area contributed by atoms with Crippen LogP contribution in [0, 0.1) is 14.1 Å². The minimum atomic E-state index is -0.606. The number of hydrogen-bond acceptors (Lipinski definition) is 8. The van der Waals surface area contributed by atoms with E-state index in [9.17, 15) is 19.7 Å². The van der Waals surface area contributed by atoms with Crippen LogP contribution in [0.5, 0.6) is 0 Å². The molecule has 3 aromatic heterocycles. The predicted molar refractivity (Wildman–Crippen MR) is 115 cm³/mol. The number of aryl methyl sites for hydroxylation is 2. The number of non-ortho nitro benzene ring substituents is 1. The van der Waals surface area contributed by atoms with E-state index in [1.165, 1.54) is 45.0 Å². The molecule has 0 saturated heterocycles. The van der Waals surface area contributed by atoms with Gasteiger partial charge in [0.25, 0.3) is 11.2 Å². The van der Waals surface area contributed by atoms with Crippen LogP contribution in [0.4, 0.5) is 5.69 Å². The Hall–Kier alpha value is -3.38. The SMILES string of the molecule is C=CCn1c(=S)sc2c(=O)n(CCCn3c(=O)oc4ccc([N+](=O)[O-])cc43)cnc21. The van der Waals surface area contributed by atoms with Gasteiger partial charge in [0.15, 0.2) is 15.2 Å². The number of aromatic nitrogens is 4. The molecule has 0 bridgehead atoms. The highest BCUT2D eigenvalue weighted by Crippen LogP contribution is 2.21. The van der Waals surface area contributed by atoms with Crippen LogP contribution >= 0.6 is 23.6 Å². The van der Waals surface area contributed by atoms with E-state index in [0.29, 0.717) is 39.3 Å². The summed E-state index contributed by atoms with van der Waals surface area (Å²) in [5.41, 5.74) is 0.798. The second-order valence-corrected chi connectivity index (χ2v) is 8.09. The fourth-order valence-electron chi connectivity index (χ4n) is 3.20. The van der Waals surface area contributed by atoms with Crippen LogP contribution in [0.15, 0.2) is 51.2 Å². The van der Waals surface area contributed by atoms with Crippen molar-refractivity contribution in [1.29, 1.82) is 0 Å². The van der Waals surface area contributed by atoms with Crippen LogP contribution < -0.4 is 11.3 Å². The number of benzene rings is 1. The summed E-state index contributed by atoms with van der Waals surface area (Å²) in [5.74, 6) is -0.606.